The highest BCUT2D eigenvalue weighted by Crippen LogP contribution is 2.03. The minimum atomic E-state index is -0.0275. The first-order chi connectivity index (χ1) is 7.54. The molecule has 0 radical (unpaired) electrons. The first-order valence-corrected chi connectivity index (χ1v) is 5.84. The van der Waals surface area contributed by atoms with Gasteiger partial charge >= 0.3 is 0 Å². The molecule has 7 heteroatoms. The molecule has 0 unspecified atom stereocenters. The number of likely N-dealkylation sites (N-methyl/N-ethyl adjacent to an activating group) is 1. The van der Waals surface area contributed by atoms with Crippen molar-refractivity contribution < 1.29 is 22.0 Å². The Hall–Kier alpha value is -0.520. The Morgan fingerprint density at radius 3 is 2.12 bits per heavy atom. The second kappa shape index (κ2) is 7.74. The average molecular weight is 283 g/mol. The van der Waals surface area contributed by atoms with E-state index in [1.54, 1.807) is 23.9 Å². The van der Waals surface area contributed by atoms with Crippen LogP contribution in [-0.4, -0.2) is 79.2 Å². The zero-order valence-corrected chi connectivity index (χ0v) is 11.7. The average Bonchev–Trinajstić information content (AvgIpc) is 2.28. The van der Waals surface area contributed by atoms with Crippen LogP contribution in [0.25, 0.3) is 0 Å². The van der Waals surface area contributed by atoms with Crippen molar-refractivity contribution in [2.45, 2.75) is 0 Å². The largest absolute Gasteiger partial charge is 1.00 e. The van der Waals surface area contributed by atoms with Gasteiger partial charge in [-0.25, -0.2) is 0 Å². The van der Waals surface area contributed by atoms with E-state index in [1.165, 1.54) is 0 Å². The van der Waals surface area contributed by atoms with Gasteiger partial charge < -0.3 is 22.2 Å². The molecular weight excluding hydrogens is 265 g/mol. The fraction of sp³-hybridized carbons (Fsp3) is 0.800. The molecule has 0 aromatic heterocycles. The lowest BCUT2D eigenvalue weighted by Crippen LogP contribution is -3.00. The maximum Gasteiger partial charge on any atom is 0.237 e. The van der Waals surface area contributed by atoms with Crippen molar-refractivity contribution in [2.24, 2.45) is 0 Å². The molecule has 1 saturated heterocycles. The molecule has 5 nitrogen and oxygen atoms in total. The number of halogens is 2. The number of piperazine rings is 1. The lowest BCUT2D eigenvalue weighted by atomic mass is 10.3. The number of amides is 2. The van der Waals surface area contributed by atoms with E-state index in [-0.39, 0.29) is 30.1 Å². The van der Waals surface area contributed by atoms with Gasteiger partial charge in [-0.2, -0.15) is 0 Å². The summed E-state index contributed by atoms with van der Waals surface area (Å²) in [6, 6.07) is 0. The summed E-state index contributed by atoms with van der Waals surface area (Å²) in [5, 5.41) is 0. The molecule has 1 aliphatic heterocycles. The predicted octanol–water partition coefficient (Wildman–Crippen LogP) is -3.54. The van der Waals surface area contributed by atoms with Gasteiger partial charge in [0.2, 0.25) is 11.8 Å². The van der Waals surface area contributed by atoms with Gasteiger partial charge in [0, 0.05) is 40.3 Å². The second-order valence-electron chi connectivity index (χ2n) is 4.08. The van der Waals surface area contributed by atoms with E-state index in [0.29, 0.717) is 19.6 Å². The summed E-state index contributed by atoms with van der Waals surface area (Å²) in [6.45, 7) is 3.22. The van der Waals surface area contributed by atoms with Crippen molar-refractivity contribution in [3.8, 4) is 0 Å². The third-order valence-electron chi connectivity index (χ3n) is 2.70. The standard InChI is InChI=1S/C10H18ClN3O2.ClH/c1-12(2)10(16)8-13-3-5-14(6-4-13)9(15)7-11;/h3-8H2,1-2H3;1H/p-1. The number of rotatable bonds is 3. The van der Waals surface area contributed by atoms with Crippen LogP contribution in [0.3, 0.4) is 0 Å². The summed E-state index contributed by atoms with van der Waals surface area (Å²) in [7, 11) is 3.49. The lowest BCUT2D eigenvalue weighted by Gasteiger charge is -2.34. The molecule has 0 aromatic rings. The Kier molecular flexibility index (Phi) is 7.50. The summed E-state index contributed by atoms with van der Waals surface area (Å²) >= 11 is 5.48. The van der Waals surface area contributed by atoms with E-state index in [4.69, 9.17) is 11.6 Å². The number of alkyl halides is 1. The topological polar surface area (TPSA) is 43.9 Å². The zero-order valence-electron chi connectivity index (χ0n) is 10.2. The van der Waals surface area contributed by atoms with E-state index >= 15 is 0 Å². The Bertz CT molecular complexity index is 266. The molecule has 17 heavy (non-hydrogen) atoms. The summed E-state index contributed by atoms with van der Waals surface area (Å²) in [6.07, 6.45) is 0. The van der Waals surface area contributed by atoms with Crippen LogP contribution in [0, 0.1) is 0 Å². The second-order valence-corrected chi connectivity index (χ2v) is 4.35. The van der Waals surface area contributed by atoms with E-state index in [0.717, 1.165) is 13.1 Å². The number of hydrogen-bond donors (Lipinski definition) is 0. The highest BCUT2D eigenvalue weighted by Gasteiger charge is 2.21. The smallest absolute Gasteiger partial charge is 0.237 e. The summed E-state index contributed by atoms with van der Waals surface area (Å²) in [5.41, 5.74) is 0. The quantitative estimate of drug-likeness (QED) is 0.504. The summed E-state index contributed by atoms with van der Waals surface area (Å²) < 4.78 is 0. The maximum absolute atomic E-state index is 11.5. The molecule has 0 N–H and O–H groups in total. The van der Waals surface area contributed by atoms with Crippen molar-refractivity contribution in [1.82, 2.24) is 14.7 Å². The van der Waals surface area contributed by atoms with Crippen LogP contribution in [0.1, 0.15) is 0 Å². The number of nitrogens with zero attached hydrogens (tertiary/aromatic N) is 3. The molecule has 1 aliphatic rings. The fourth-order valence-corrected chi connectivity index (χ4v) is 1.74. The van der Waals surface area contributed by atoms with Gasteiger partial charge in [-0.1, -0.05) is 0 Å². The van der Waals surface area contributed by atoms with E-state index in [9.17, 15) is 9.59 Å². The monoisotopic (exact) mass is 282 g/mol. The molecule has 0 atom stereocenters. The molecule has 1 heterocycles. The van der Waals surface area contributed by atoms with Gasteiger partial charge in [-0.3, -0.25) is 14.5 Å². The molecule has 0 saturated carbocycles. The molecule has 0 spiro atoms. The first kappa shape index (κ1) is 16.5. The summed E-state index contributed by atoms with van der Waals surface area (Å²) in [5.74, 6) is 0.105. The normalized spacial score (nSPS) is 16.3. The van der Waals surface area contributed by atoms with Crippen molar-refractivity contribution in [2.75, 3.05) is 52.7 Å². The van der Waals surface area contributed by atoms with Gasteiger partial charge in [-0.15, -0.1) is 11.6 Å². The Balaban J connectivity index is 0.00000256. The Morgan fingerprint density at radius 2 is 1.71 bits per heavy atom. The Morgan fingerprint density at radius 1 is 1.18 bits per heavy atom. The van der Waals surface area contributed by atoms with Crippen molar-refractivity contribution in [1.29, 1.82) is 0 Å². The van der Waals surface area contributed by atoms with Crippen LogP contribution >= 0.6 is 11.6 Å². The van der Waals surface area contributed by atoms with Gasteiger partial charge in [0.15, 0.2) is 0 Å². The molecule has 0 bridgehead atoms. The summed E-state index contributed by atoms with van der Waals surface area (Å²) in [4.78, 5) is 28.1. The molecule has 1 rings (SSSR count). The van der Waals surface area contributed by atoms with Crippen molar-refractivity contribution in [3.63, 3.8) is 0 Å². The van der Waals surface area contributed by atoms with E-state index in [1.807, 2.05) is 0 Å². The molecule has 1 fully saturated rings. The zero-order chi connectivity index (χ0) is 12.1. The van der Waals surface area contributed by atoms with Crippen LogP contribution in [0.4, 0.5) is 0 Å². The number of hydrogen-bond acceptors (Lipinski definition) is 3. The van der Waals surface area contributed by atoms with Crippen molar-refractivity contribution >= 4 is 23.4 Å². The lowest BCUT2D eigenvalue weighted by molar-refractivity contribution is -0.132. The highest BCUT2D eigenvalue weighted by molar-refractivity contribution is 6.27. The predicted molar refractivity (Wildman–Crippen MR) is 62.4 cm³/mol. The van der Waals surface area contributed by atoms with Crippen LogP contribution < -0.4 is 12.4 Å². The van der Waals surface area contributed by atoms with Gasteiger partial charge in [0.1, 0.15) is 5.88 Å². The number of carbonyl (C=O) groups excluding carboxylic acids is 2. The first-order valence-electron chi connectivity index (χ1n) is 5.31. The molecule has 2 amide bonds. The molecule has 0 aliphatic carbocycles. The third kappa shape index (κ3) is 5.10. The van der Waals surface area contributed by atoms with Gasteiger partial charge in [-0.05, 0) is 0 Å². The highest BCUT2D eigenvalue weighted by atomic mass is 35.5. The maximum atomic E-state index is 11.5. The van der Waals surface area contributed by atoms with Crippen molar-refractivity contribution in [3.05, 3.63) is 0 Å². The van der Waals surface area contributed by atoms with Crippen LogP contribution in [0.2, 0.25) is 0 Å². The minimum Gasteiger partial charge on any atom is -1.00 e. The molecule has 0 aromatic carbocycles. The SMILES string of the molecule is CN(C)C(=O)CN1CCN(C(=O)CCl)CC1.[Cl-]. The van der Waals surface area contributed by atoms with Gasteiger partial charge in [0.05, 0.1) is 6.54 Å². The van der Waals surface area contributed by atoms with Crippen LogP contribution in [0.5, 0.6) is 0 Å². The molecular formula is C10H18Cl2N3O2-. The van der Waals surface area contributed by atoms with Crippen LogP contribution in [0.15, 0.2) is 0 Å². The van der Waals surface area contributed by atoms with E-state index in [2.05, 4.69) is 4.90 Å². The van der Waals surface area contributed by atoms with E-state index < -0.39 is 0 Å². The fourth-order valence-electron chi connectivity index (χ4n) is 1.57. The number of carbonyl (C=O) groups is 2. The third-order valence-corrected chi connectivity index (χ3v) is 2.93. The Labute approximate surface area is 113 Å². The molecule has 100 valence electrons. The van der Waals surface area contributed by atoms with Crippen LogP contribution in [-0.2, 0) is 9.59 Å². The minimum absolute atomic E-state index is 0. The van der Waals surface area contributed by atoms with Gasteiger partial charge in [0.25, 0.3) is 0 Å².